The summed E-state index contributed by atoms with van der Waals surface area (Å²) >= 11 is 6.07. The molecule has 0 aliphatic heterocycles. The average Bonchev–Trinajstić information content (AvgIpc) is 2.96. The molecule has 0 fully saturated rings. The first-order chi connectivity index (χ1) is 11.6. The number of benzene rings is 2. The number of carbonyl (C=O) groups excluding carboxylic acids is 1. The van der Waals surface area contributed by atoms with Crippen molar-refractivity contribution in [3.8, 4) is 5.69 Å². The summed E-state index contributed by atoms with van der Waals surface area (Å²) in [6.45, 7) is 2.02. The Kier molecular flexibility index (Phi) is 4.57. The van der Waals surface area contributed by atoms with Crippen molar-refractivity contribution in [3.05, 3.63) is 76.3 Å². The molecule has 0 saturated heterocycles. The van der Waals surface area contributed by atoms with Crippen LogP contribution in [0.2, 0.25) is 5.02 Å². The van der Waals surface area contributed by atoms with E-state index in [9.17, 15) is 9.18 Å². The second-order valence-electron chi connectivity index (χ2n) is 5.19. The molecule has 1 aromatic heterocycles. The maximum atomic E-state index is 13.0. The molecular formula is C17H14ClFN4O. The Balaban J connectivity index is 1.76. The van der Waals surface area contributed by atoms with Gasteiger partial charge in [-0.05, 0) is 42.8 Å². The highest BCUT2D eigenvalue weighted by molar-refractivity contribution is 6.31. The molecule has 1 amide bonds. The zero-order valence-electron chi connectivity index (χ0n) is 12.8. The molecule has 0 aliphatic rings. The van der Waals surface area contributed by atoms with E-state index in [0.29, 0.717) is 22.9 Å². The van der Waals surface area contributed by atoms with Crippen LogP contribution in [0, 0.1) is 12.7 Å². The molecule has 0 atom stereocenters. The molecule has 0 saturated carbocycles. The van der Waals surface area contributed by atoms with Gasteiger partial charge in [0.25, 0.3) is 5.91 Å². The van der Waals surface area contributed by atoms with Crippen LogP contribution in [-0.2, 0) is 6.54 Å². The minimum Gasteiger partial charge on any atom is -0.346 e. The zero-order valence-corrected chi connectivity index (χ0v) is 13.6. The Labute approximate surface area is 143 Å². The Morgan fingerprint density at radius 3 is 2.62 bits per heavy atom. The van der Waals surface area contributed by atoms with Gasteiger partial charge in [-0.1, -0.05) is 35.0 Å². The van der Waals surface area contributed by atoms with Crippen LogP contribution in [0.3, 0.4) is 0 Å². The summed E-state index contributed by atoms with van der Waals surface area (Å²) < 4.78 is 14.5. The number of carbonyl (C=O) groups is 1. The molecule has 2 aromatic carbocycles. The lowest BCUT2D eigenvalue weighted by Gasteiger charge is -2.06. The number of nitrogens with one attached hydrogen (secondary N) is 1. The van der Waals surface area contributed by atoms with E-state index in [1.165, 1.54) is 16.8 Å². The Bertz CT molecular complexity index is 877. The number of halogens is 2. The fourth-order valence-corrected chi connectivity index (χ4v) is 2.47. The second-order valence-corrected chi connectivity index (χ2v) is 5.59. The monoisotopic (exact) mass is 344 g/mol. The Hall–Kier alpha value is -2.73. The molecule has 0 aliphatic carbocycles. The van der Waals surface area contributed by atoms with Crippen LogP contribution in [0.4, 0.5) is 4.39 Å². The van der Waals surface area contributed by atoms with E-state index in [1.54, 1.807) is 25.1 Å². The molecule has 7 heteroatoms. The van der Waals surface area contributed by atoms with Gasteiger partial charge < -0.3 is 5.32 Å². The highest BCUT2D eigenvalue weighted by Gasteiger charge is 2.17. The lowest BCUT2D eigenvalue weighted by atomic mass is 10.2. The molecule has 1 N–H and O–H groups in total. The maximum Gasteiger partial charge on any atom is 0.274 e. The number of hydrogen-bond donors (Lipinski definition) is 1. The maximum absolute atomic E-state index is 13.0. The first-order valence-corrected chi connectivity index (χ1v) is 7.64. The molecule has 0 unspecified atom stereocenters. The highest BCUT2D eigenvalue weighted by Crippen LogP contribution is 2.16. The van der Waals surface area contributed by atoms with Gasteiger partial charge in [-0.3, -0.25) is 4.79 Å². The quantitative estimate of drug-likeness (QED) is 0.790. The van der Waals surface area contributed by atoms with E-state index in [4.69, 9.17) is 11.6 Å². The smallest absolute Gasteiger partial charge is 0.274 e. The summed E-state index contributed by atoms with van der Waals surface area (Å²) in [6, 6.07) is 13.1. The summed E-state index contributed by atoms with van der Waals surface area (Å²) in [5.41, 5.74) is 2.23. The van der Waals surface area contributed by atoms with E-state index in [2.05, 4.69) is 15.6 Å². The molecule has 1 heterocycles. The van der Waals surface area contributed by atoms with Crippen LogP contribution >= 0.6 is 11.6 Å². The number of aromatic nitrogens is 3. The summed E-state index contributed by atoms with van der Waals surface area (Å²) in [7, 11) is 0. The predicted molar refractivity (Wildman–Crippen MR) is 88.7 cm³/mol. The first-order valence-electron chi connectivity index (χ1n) is 7.26. The normalized spacial score (nSPS) is 10.6. The lowest BCUT2D eigenvalue weighted by Crippen LogP contribution is -2.24. The standard InChI is InChI=1S/C17H14ClFN4O/c1-11-16(17(24)20-10-12-4-2-3-5-15(12)18)21-22-23(11)14-8-6-13(19)7-9-14/h2-9H,10H2,1H3,(H,20,24). The van der Waals surface area contributed by atoms with E-state index < -0.39 is 0 Å². The van der Waals surface area contributed by atoms with Crippen LogP contribution in [0.15, 0.2) is 48.5 Å². The van der Waals surface area contributed by atoms with Crippen molar-refractivity contribution in [2.24, 2.45) is 0 Å². The summed E-state index contributed by atoms with van der Waals surface area (Å²) in [5.74, 6) is -0.685. The van der Waals surface area contributed by atoms with Gasteiger partial charge in [0.1, 0.15) is 5.82 Å². The van der Waals surface area contributed by atoms with E-state index in [1.807, 2.05) is 18.2 Å². The van der Waals surface area contributed by atoms with Crippen molar-refractivity contribution < 1.29 is 9.18 Å². The minimum atomic E-state index is -0.346. The van der Waals surface area contributed by atoms with Crippen molar-refractivity contribution in [1.29, 1.82) is 0 Å². The highest BCUT2D eigenvalue weighted by atomic mass is 35.5. The van der Waals surface area contributed by atoms with Gasteiger partial charge >= 0.3 is 0 Å². The Morgan fingerprint density at radius 2 is 1.92 bits per heavy atom. The third-order valence-corrected chi connectivity index (χ3v) is 3.95. The summed E-state index contributed by atoms with van der Waals surface area (Å²) in [5, 5.41) is 11.2. The Morgan fingerprint density at radius 1 is 1.21 bits per heavy atom. The zero-order chi connectivity index (χ0) is 17.1. The van der Waals surface area contributed by atoms with Crippen LogP contribution in [0.1, 0.15) is 21.7 Å². The molecule has 5 nitrogen and oxygen atoms in total. The van der Waals surface area contributed by atoms with Gasteiger partial charge in [0.05, 0.1) is 11.4 Å². The van der Waals surface area contributed by atoms with Crippen molar-refractivity contribution in [2.75, 3.05) is 0 Å². The van der Waals surface area contributed by atoms with Crippen molar-refractivity contribution in [2.45, 2.75) is 13.5 Å². The van der Waals surface area contributed by atoms with Gasteiger partial charge in [-0.15, -0.1) is 5.10 Å². The van der Waals surface area contributed by atoms with E-state index in [-0.39, 0.29) is 17.4 Å². The number of amides is 1. The van der Waals surface area contributed by atoms with Crippen LogP contribution in [0.25, 0.3) is 5.69 Å². The fourth-order valence-electron chi connectivity index (χ4n) is 2.27. The van der Waals surface area contributed by atoms with Crippen LogP contribution < -0.4 is 5.32 Å². The van der Waals surface area contributed by atoms with Crippen molar-refractivity contribution >= 4 is 17.5 Å². The van der Waals surface area contributed by atoms with Gasteiger partial charge in [0, 0.05) is 11.6 Å². The van der Waals surface area contributed by atoms with Crippen molar-refractivity contribution in [3.63, 3.8) is 0 Å². The molecular weight excluding hydrogens is 331 g/mol. The molecule has 3 aromatic rings. The third-order valence-electron chi connectivity index (χ3n) is 3.58. The first kappa shape index (κ1) is 16.1. The number of hydrogen-bond acceptors (Lipinski definition) is 3. The second kappa shape index (κ2) is 6.80. The van der Waals surface area contributed by atoms with Gasteiger partial charge in [0.2, 0.25) is 0 Å². The molecule has 3 rings (SSSR count). The third kappa shape index (κ3) is 3.28. The number of rotatable bonds is 4. The predicted octanol–water partition coefficient (Wildman–Crippen LogP) is 3.30. The van der Waals surface area contributed by atoms with Crippen LogP contribution in [0.5, 0.6) is 0 Å². The molecule has 122 valence electrons. The SMILES string of the molecule is Cc1c(C(=O)NCc2ccccc2Cl)nnn1-c1ccc(F)cc1. The van der Waals surface area contributed by atoms with Gasteiger partial charge in [-0.25, -0.2) is 9.07 Å². The molecule has 24 heavy (non-hydrogen) atoms. The van der Waals surface area contributed by atoms with Gasteiger partial charge in [-0.2, -0.15) is 0 Å². The topological polar surface area (TPSA) is 59.8 Å². The summed E-state index contributed by atoms with van der Waals surface area (Å²) in [4.78, 5) is 12.3. The summed E-state index contributed by atoms with van der Waals surface area (Å²) in [6.07, 6.45) is 0. The van der Waals surface area contributed by atoms with E-state index >= 15 is 0 Å². The van der Waals surface area contributed by atoms with E-state index in [0.717, 1.165) is 5.56 Å². The lowest BCUT2D eigenvalue weighted by molar-refractivity contribution is 0.0945. The average molecular weight is 345 g/mol. The van der Waals surface area contributed by atoms with Crippen molar-refractivity contribution in [1.82, 2.24) is 20.3 Å². The van der Waals surface area contributed by atoms with Crippen LogP contribution in [-0.4, -0.2) is 20.9 Å². The molecule has 0 radical (unpaired) electrons. The molecule has 0 spiro atoms. The molecule has 0 bridgehead atoms. The van der Waals surface area contributed by atoms with Gasteiger partial charge in [0.15, 0.2) is 5.69 Å². The fraction of sp³-hybridized carbons (Fsp3) is 0.118. The number of nitrogens with zero attached hydrogens (tertiary/aromatic N) is 3. The minimum absolute atomic E-state index is 0.214. The largest absolute Gasteiger partial charge is 0.346 e.